The molecule has 2 fully saturated rings. The average molecular weight is 306 g/mol. The number of nitrogens with zero attached hydrogens (tertiary/aromatic N) is 2. The molecule has 1 unspecified atom stereocenters. The Morgan fingerprint density at radius 3 is 2.55 bits per heavy atom. The van der Waals surface area contributed by atoms with Gasteiger partial charge in [-0.15, -0.1) is 0 Å². The van der Waals surface area contributed by atoms with Gasteiger partial charge in [-0.2, -0.15) is 0 Å². The second-order valence-electron chi connectivity index (χ2n) is 6.45. The maximum absolute atomic E-state index is 13.0. The van der Waals surface area contributed by atoms with Crippen molar-refractivity contribution in [3.05, 3.63) is 30.1 Å². The zero-order valence-corrected chi connectivity index (χ0v) is 13.2. The van der Waals surface area contributed by atoms with Gasteiger partial charge in [-0.05, 0) is 43.5 Å². The van der Waals surface area contributed by atoms with E-state index in [1.165, 1.54) is 12.1 Å². The van der Waals surface area contributed by atoms with E-state index in [0.717, 1.165) is 38.0 Å². The minimum atomic E-state index is -0.215. The summed E-state index contributed by atoms with van der Waals surface area (Å²) in [6, 6.07) is 6.89. The molecule has 0 aliphatic carbocycles. The first-order chi connectivity index (χ1) is 10.5. The number of hydrogen-bond donors (Lipinski definition) is 0. The monoisotopic (exact) mass is 306 g/mol. The predicted octanol–water partition coefficient (Wildman–Crippen LogP) is 2.43. The first kappa shape index (κ1) is 15.3. The van der Waals surface area contributed by atoms with Gasteiger partial charge in [-0.3, -0.25) is 4.79 Å². The van der Waals surface area contributed by atoms with E-state index in [1.54, 1.807) is 19.1 Å². The Kier molecular flexibility index (Phi) is 4.08. The first-order valence-corrected chi connectivity index (χ1v) is 7.87. The van der Waals surface area contributed by atoms with Crippen LogP contribution in [0.1, 0.15) is 26.2 Å². The lowest BCUT2D eigenvalue weighted by molar-refractivity contribution is -0.133. The number of halogens is 1. The number of carbonyl (C=O) groups is 1. The van der Waals surface area contributed by atoms with Gasteiger partial charge < -0.3 is 14.5 Å². The van der Waals surface area contributed by atoms with Crippen LogP contribution >= 0.6 is 0 Å². The fraction of sp³-hybridized carbons (Fsp3) is 0.588. The molecule has 1 amide bonds. The molecule has 2 saturated heterocycles. The van der Waals surface area contributed by atoms with Gasteiger partial charge in [0.05, 0.1) is 18.2 Å². The van der Waals surface area contributed by atoms with Gasteiger partial charge in [-0.25, -0.2) is 4.39 Å². The molecule has 1 aromatic rings. The number of amides is 1. The number of ether oxygens (including phenoxy) is 1. The summed E-state index contributed by atoms with van der Waals surface area (Å²) in [5, 5.41) is 0. The fourth-order valence-corrected chi connectivity index (χ4v) is 3.53. The number of likely N-dealkylation sites (N-methyl/N-ethyl adjacent to an activating group) is 1. The highest BCUT2D eigenvalue weighted by molar-refractivity contribution is 5.73. The summed E-state index contributed by atoms with van der Waals surface area (Å²) in [5.74, 6) is -0.0688. The number of hydrogen-bond acceptors (Lipinski definition) is 3. The number of piperidine rings is 1. The Morgan fingerprint density at radius 1 is 1.32 bits per heavy atom. The van der Waals surface area contributed by atoms with E-state index in [1.807, 2.05) is 11.9 Å². The molecule has 5 heteroatoms. The minimum absolute atomic E-state index is 0.0924. The summed E-state index contributed by atoms with van der Waals surface area (Å²) < 4.78 is 19.2. The molecule has 0 saturated carbocycles. The molecular weight excluding hydrogens is 283 g/mol. The first-order valence-electron chi connectivity index (χ1n) is 7.87. The molecule has 1 atom stereocenters. The molecule has 2 aliphatic rings. The highest BCUT2D eigenvalue weighted by Crippen LogP contribution is 2.38. The quantitative estimate of drug-likeness (QED) is 0.841. The van der Waals surface area contributed by atoms with Crippen molar-refractivity contribution in [3.63, 3.8) is 0 Å². The van der Waals surface area contributed by atoms with Crippen LogP contribution in [0.2, 0.25) is 0 Å². The van der Waals surface area contributed by atoms with Crippen molar-refractivity contribution >= 4 is 11.6 Å². The number of anilines is 1. The number of carbonyl (C=O) groups excluding carboxylic acids is 1. The maximum atomic E-state index is 13.0. The zero-order chi connectivity index (χ0) is 15.7. The third kappa shape index (κ3) is 2.95. The van der Waals surface area contributed by atoms with Gasteiger partial charge in [0.25, 0.3) is 0 Å². The molecule has 22 heavy (non-hydrogen) atoms. The highest BCUT2D eigenvalue weighted by atomic mass is 19.1. The summed E-state index contributed by atoms with van der Waals surface area (Å²) in [5.41, 5.74) is 0.915. The molecule has 0 aromatic heterocycles. The molecule has 2 aliphatic heterocycles. The molecule has 1 aromatic carbocycles. The van der Waals surface area contributed by atoms with Crippen molar-refractivity contribution in [1.82, 2.24) is 4.90 Å². The van der Waals surface area contributed by atoms with Crippen LogP contribution in [-0.4, -0.2) is 49.2 Å². The van der Waals surface area contributed by atoms with Crippen LogP contribution in [0.25, 0.3) is 0 Å². The average Bonchev–Trinajstić information content (AvgIpc) is 2.91. The topological polar surface area (TPSA) is 32.8 Å². The van der Waals surface area contributed by atoms with Crippen molar-refractivity contribution in [1.29, 1.82) is 0 Å². The van der Waals surface area contributed by atoms with E-state index in [9.17, 15) is 9.18 Å². The van der Waals surface area contributed by atoms with Gasteiger partial charge in [-0.1, -0.05) is 0 Å². The molecule has 3 rings (SSSR count). The van der Waals surface area contributed by atoms with Crippen LogP contribution in [0, 0.1) is 5.82 Å². The normalized spacial score (nSPS) is 23.8. The van der Waals surface area contributed by atoms with E-state index in [4.69, 9.17) is 4.74 Å². The SMILES string of the molecule is CC(=O)N1CCC2(CC1)CC(N(C)c1ccc(F)cc1)CO2. The van der Waals surface area contributed by atoms with E-state index in [-0.39, 0.29) is 17.3 Å². The minimum Gasteiger partial charge on any atom is -0.373 e. The number of likely N-dealkylation sites (tertiary alicyclic amines) is 1. The molecule has 0 bridgehead atoms. The number of benzene rings is 1. The zero-order valence-electron chi connectivity index (χ0n) is 13.2. The van der Waals surface area contributed by atoms with Gasteiger partial charge >= 0.3 is 0 Å². The van der Waals surface area contributed by atoms with Gasteiger partial charge in [0.1, 0.15) is 5.82 Å². The lowest BCUT2D eigenvalue weighted by atomic mass is 9.87. The molecule has 1 spiro atoms. The summed E-state index contributed by atoms with van der Waals surface area (Å²) in [7, 11) is 2.03. The van der Waals surface area contributed by atoms with Crippen molar-refractivity contribution in [2.45, 2.75) is 37.8 Å². The Morgan fingerprint density at radius 2 is 1.95 bits per heavy atom. The van der Waals surface area contributed by atoms with Gasteiger partial charge in [0.2, 0.25) is 5.91 Å². The van der Waals surface area contributed by atoms with E-state index in [2.05, 4.69) is 4.90 Å². The lowest BCUT2D eigenvalue weighted by Gasteiger charge is -2.38. The fourth-order valence-electron chi connectivity index (χ4n) is 3.53. The van der Waals surface area contributed by atoms with Gasteiger partial charge in [0.15, 0.2) is 0 Å². The Bertz CT molecular complexity index is 538. The summed E-state index contributed by atoms with van der Waals surface area (Å²) in [4.78, 5) is 15.5. The smallest absolute Gasteiger partial charge is 0.219 e. The third-order valence-electron chi connectivity index (χ3n) is 5.09. The van der Waals surface area contributed by atoms with Crippen molar-refractivity contribution < 1.29 is 13.9 Å². The van der Waals surface area contributed by atoms with Crippen molar-refractivity contribution in [3.8, 4) is 0 Å². The van der Waals surface area contributed by atoms with E-state index in [0.29, 0.717) is 12.6 Å². The standard InChI is InChI=1S/C17H23FN2O2/c1-13(21)20-9-7-17(8-10-20)11-16(12-22-17)19(2)15-5-3-14(18)4-6-15/h3-6,16H,7-12H2,1-2H3. The third-order valence-corrected chi connectivity index (χ3v) is 5.09. The Balaban J connectivity index is 1.62. The highest BCUT2D eigenvalue weighted by Gasteiger charge is 2.44. The Labute approximate surface area is 130 Å². The van der Waals surface area contributed by atoms with Crippen LogP contribution in [0.4, 0.5) is 10.1 Å². The molecule has 0 radical (unpaired) electrons. The molecular formula is C17H23FN2O2. The summed E-state index contributed by atoms with van der Waals surface area (Å²) >= 11 is 0. The van der Waals surface area contributed by atoms with Crippen LogP contribution in [-0.2, 0) is 9.53 Å². The second kappa shape index (κ2) is 5.88. The lowest BCUT2D eigenvalue weighted by Crippen LogP contribution is -2.46. The van der Waals surface area contributed by atoms with Gasteiger partial charge in [0, 0.05) is 32.7 Å². The summed E-state index contributed by atoms with van der Waals surface area (Å²) in [6.07, 6.45) is 2.77. The van der Waals surface area contributed by atoms with Crippen molar-refractivity contribution in [2.24, 2.45) is 0 Å². The van der Waals surface area contributed by atoms with Crippen LogP contribution < -0.4 is 4.90 Å². The second-order valence-corrected chi connectivity index (χ2v) is 6.45. The predicted molar refractivity (Wildman–Crippen MR) is 83.4 cm³/mol. The molecule has 0 N–H and O–H groups in total. The number of rotatable bonds is 2. The maximum Gasteiger partial charge on any atom is 0.219 e. The van der Waals surface area contributed by atoms with Crippen LogP contribution in [0.5, 0.6) is 0 Å². The van der Waals surface area contributed by atoms with Crippen molar-refractivity contribution in [2.75, 3.05) is 31.6 Å². The van der Waals surface area contributed by atoms with E-state index < -0.39 is 0 Å². The molecule has 4 nitrogen and oxygen atoms in total. The van der Waals surface area contributed by atoms with E-state index >= 15 is 0 Å². The van der Waals surface area contributed by atoms with Crippen LogP contribution in [0.3, 0.4) is 0 Å². The Hall–Kier alpha value is -1.62. The van der Waals surface area contributed by atoms with Crippen LogP contribution in [0.15, 0.2) is 24.3 Å². The molecule has 120 valence electrons. The largest absolute Gasteiger partial charge is 0.373 e. The molecule has 2 heterocycles. The summed E-state index contributed by atoms with van der Waals surface area (Å²) in [6.45, 7) is 3.87.